The Balaban J connectivity index is 2.06. The van der Waals surface area contributed by atoms with Crippen molar-refractivity contribution in [2.45, 2.75) is 13.5 Å². The number of anilines is 1. The van der Waals surface area contributed by atoms with Crippen molar-refractivity contribution in [3.8, 4) is 0 Å². The van der Waals surface area contributed by atoms with Gasteiger partial charge in [0.2, 0.25) is 0 Å². The maximum absolute atomic E-state index is 13.3. The zero-order chi connectivity index (χ0) is 13.6. The average Bonchev–Trinajstić information content (AvgIpc) is 2.70. The van der Waals surface area contributed by atoms with Crippen molar-refractivity contribution in [1.82, 2.24) is 0 Å². The highest BCUT2D eigenvalue weighted by Gasteiger charge is 2.27. The highest BCUT2D eigenvalue weighted by molar-refractivity contribution is 6.34. The van der Waals surface area contributed by atoms with E-state index in [0.717, 1.165) is 16.8 Å². The summed E-state index contributed by atoms with van der Waals surface area (Å²) in [5.41, 5.74) is 3.46. The van der Waals surface area contributed by atoms with E-state index in [1.54, 1.807) is 11.0 Å². The number of nitrogens with one attached hydrogen (secondary N) is 1. The monoisotopic (exact) mass is 274 g/mol. The first-order valence-electron chi connectivity index (χ1n) is 5.97. The maximum Gasteiger partial charge on any atom is 0.133 e. The Morgan fingerprint density at radius 2 is 2.00 bits per heavy atom. The molecular formula is C15H12ClFN2. The Morgan fingerprint density at radius 3 is 2.79 bits per heavy atom. The molecule has 2 aromatic carbocycles. The van der Waals surface area contributed by atoms with Crippen LogP contribution in [0.5, 0.6) is 0 Å². The van der Waals surface area contributed by atoms with Crippen LogP contribution >= 0.6 is 11.6 Å². The van der Waals surface area contributed by atoms with Crippen LogP contribution < -0.4 is 4.90 Å². The third-order valence-corrected chi connectivity index (χ3v) is 3.64. The van der Waals surface area contributed by atoms with E-state index < -0.39 is 0 Å². The van der Waals surface area contributed by atoms with Crippen LogP contribution in [0, 0.1) is 18.2 Å². The quantitative estimate of drug-likeness (QED) is 0.832. The molecule has 0 bridgehead atoms. The largest absolute Gasteiger partial charge is 0.320 e. The van der Waals surface area contributed by atoms with Crippen molar-refractivity contribution in [2.24, 2.45) is 0 Å². The molecule has 96 valence electrons. The SMILES string of the molecule is Cc1ccc(Cl)c(N2Cc3ccc(F)cc3C2=N)c1. The molecule has 0 saturated heterocycles. The molecular weight excluding hydrogens is 263 g/mol. The molecule has 4 heteroatoms. The van der Waals surface area contributed by atoms with Crippen molar-refractivity contribution in [3.63, 3.8) is 0 Å². The smallest absolute Gasteiger partial charge is 0.133 e. The Hall–Kier alpha value is -1.87. The van der Waals surface area contributed by atoms with Crippen molar-refractivity contribution in [1.29, 1.82) is 5.41 Å². The number of nitrogens with zero attached hydrogens (tertiary/aromatic N) is 1. The standard InChI is InChI=1S/C15H12ClFN2/c1-9-2-5-13(16)14(6-9)19-8-10-3-4-11(17)7-12(10)15(19)18/h2-7,18H,8H2,1H3. The van der Waals surface area contributed by atoms with Gasteiger partial charge in [-0.1, -0.05) is 23.7 Å². The fraction of sp³-hybridized carbons (Fsp3) is 0.133. The summed E-state index contributed by atoms with van der Waals surface area (Å²) in [6.07, 6.45) is 0. The van der Waals surface area contributed by atoms with E-state index in [4.69, 9.17) is 17.0 Å². The molecule has 0 amide bonds. The summed E-state index contributed by atoms with van der Waals surface area (Å²) in [6, 6.07) is 10.2. The molecule has 0 spiro atoms. The van der Waals surface area contributed by atoms with Gasteiger partial charge in [0.1, 0.15) is 11.7 Å². The van der Waals surface area contributed by atoms with Crippen LogP contribution in [0.4, 0.5) is 10.1 Å². The van der Waals surface area contributed by atoms with Crippen LogP contribution in [0.3, 0.4) is 0 Å². The van der Waals surface area contributed by atoms with E-state index in [9.17, 15) is 4.39 Å². The molecule has 2 nitrogen and oxygen atoms in total. The number of amidine groups is 1. The third kappa shape index (κ3) is 2.00. The van der Waals surface area contributed by atoms with Crippen LogP contribution in [-0.2, 0) is 6.54 Å². The zero-order valence-electron chi connectivity index (χ0n) is 10.4. The van der Waals surface area contributed by atoms with Gasteiger partial charge in [0.25, 0.3) is 0 Å². The second kappa shape index (κ2) is 4.35. The summed E-state index contributed by atoms with van der Waals surface area (Å²) in [4.78, 5) is 1.80. The third-order valence-electron chi connectivity index (χ3n) is 3.32. The summed E-state index contributed by atoms with van der Waals surface area (Å²) < 4.78 is 13.3. The van der Waals surface area contributed by atoms with Gasteiger partial charge in [-0.05, 0) is 42.3 Å². The number of halogens is 2. The second-order valence-corrected chi connectivity index (χ2v) is 5.10. The molecule has 1 aliphatic rings. The van der Waals surface area contributed by atoms with Gasteiger partial charge in [0.05, 0.1) is 17.3 Å². The molecule has 1 heterocycles. The predicted octanol–water partition coefficient (Wildman–Crippen LogP) is 4.13. The lowest BCUT2D eigenvalue weighted by Gasteiger charge is -2.20. The molecule has 0 unspecified atom stereocenters. The van der Waals surface area contributed by atoms with Crippen LogP contribution in [0.25, 0.3) is 0 Å². The fourth-order valence-electron chi connectivity index (χ4n) is 2.34. The molecule has 0 atom stereocenters. The highest BCUT2D eigenvalue weighted by atomic mass is 35.5. The Morgan fingerprint density at radius 1 is 1.21 bits per heavy atom. The van der Waals surface area contributed by atoms with E-state index >= 15 is 0 Å². The minimum Gasteiger partial charge on any atom is -0.320 e. The first-order chi connectivity index (χ1) is 9.06. The van der Waals surface area contributed by atoms with Gasteiger partial charge in [-0.15, -0.1) is 0 Å². The molecule has 2 aromatic rings. The predicted molar refractivity (Wildman–Crippen MR) is 75.6 cm³/mol. The minimum absolute atomic E-state index is 0.294. The number of benzene rings is 2. The topological polar surface area (TPSA) is 27.1 Å². The van der Waals surface area contributed by atoms with Gasteiger partial charge in [-0.2, -0.15) is 0 Å². The van der Waals surface area contributed by atoms with Crippen molar-refractivity contribution in [2.75, 3.05) is 4.90 Å². The Kier molecular flexibility index (Phi) is 2.79. The molecule has 3 rings (SSSR count). The van der Waals surface area contributed by atoms with Crippen LogP contribution in [-0.4, -0.2) is 5.84 Å². The average molecular weight is 275 g/mol. The molecule has 0 fully saturated rings. The number of hydrogen-bond donors (Lipinski definition) is 1. The van der Waals surface area contributed by atoms with Crippen LogP contribution in [0.1, 0.15) is 16.7 Å². The lowest BCUT2D eigenvalue weighted by Crippen LogP contribution is -2.23. The van der Waals surface area contributed by atoms with Gasteiger partial charge in [0, 0.05) is 5.56 Å². The van der Waals surface area contributed by atoms with E-state index in [0.29, 0.717) is 23.0 Å². The molecule has 1 N–H and O–H groups in total. The summed E-state index contributed by atoms with van der Waals surface area (Å²) in [5, 5.41) is 8.79. The van der Waals surface area contributed by atoms with E-state index in [1.807, 2.05) is 25.1 Å². The number of rotatable bonds is 1. The lowest BCUT2D eigenvalue weighted by molar-refractivity contribution is 0.627. The molecule has 0 aromatic heterocycles. The molecule has 0 aliphatic carbocycles. The number of fused-ring (bicyclic) bond motifs is 1. The van der Waals surface area contributed by atoms with E-state index in [2.05, 4.69) is 0 Å². The van der Waals surface area contributed by atoms with Crippen LogP contribution in [0.2, 0.25) is 5.02 Å². The minimum atomic E-state index is -0.319. The van der Waals surface area contributed by atoms with Crippen LogP contribution in [0.15, 0.2) is 36.4 Å². The summed E-state index contributed by atoms with van der Waals surface area (Å²) in [5.74, 6) is -0.0253. The van der Waals surface area contributed by atoms with Gasteiger partial charge in [0.15, 0.2) is 0 Å². The molecule has 1 aliphatic heterocycles. The van der Waals surface area contributed by atoms with Gasteiger partial charge in [-0.3, -0.25) is 5.41 Å². The summed E-state index contributed by atoms with van der Waals surface area (Å²) in [6.45, 7) is 2.53. The van der Waals surface area contributed by atoms with Gasteiger partial charge >= 0.3 is 0 Å². The molecule has 19 heavy (non-hydrogen) atoms. The molecule has 0 saturated carbocycles. The number of hydrogen-bond acceptors (Lipinski definition) is 1. The number of aryl methyl sites for hydroxylation is 1. The summed E-state index contributed by atoms with van der Waals surface area (Å²) in [7, 11) is 0. The van der Waals surface area contributed by atoms with Crippen molar-refractivity contribution >= 4 is 23.1 Å². The van der Waals surface area contributed by atoms with Crippen molar-refractivity contribution < 1.29 is 4.39 Å². The van der Waals surface area contributed by atoms with E-state index in [-0.39, 0.29) is 5.82 Å². The maximum atomic E-state index is 13.3. The first-order valence-corrected chi connectivity index (χ1v) is 6.35. The Labute approximate surface area is 115 Å². The normalized spacial score (nSPS) is 13.8. The van der Waals surface area contributed by atoms with Gasteiger partial charge in [-0.25, -0.2) is 4.39 Å². The van der Waals surface area contributed by atoms with Gasteiger partial charge < -0.3 is 4.90 Å². The summed E-state index contributed by atoms with van der Waals surface area (Å²) >= 11 is 6.20. The fourth-order valence-corrected chi connectivity index (χ4v) is 2.56. The zero-order valence-corrected chi connectivity index (χ0v) is 11.1. The Bertz CT molecular complexity index is 682. The van der Waals surface area contributed by atoms with Crippen molar-refractivity contribution in [3.05, 3.63) is 63.9 Å². The highest BCUT2D eigenvalue weighted by Crippen LogP contribution is 2.34. The molecule has 0 radical (unpaired) electrons. The second-order valence-electron chi connectivity index (χ2n) is 4.69. The lowest BCUT2D eigenvalue weighted by atomic mass is 10.1. The first kappa shape index (κ1) is 12.2. The van der Waals surface area contributed by atoms with E-state index in [1.165, 1.54) is 12.1 Å².